The predicted molar refractivity (Wildman–Crippen MR) is 109 cm³/mol. The van der Waals surface area contributed by atoms with Gasteiger partial charge in [-0.25, -0.2) is 4.79 Å². The van der Waals surface area contributed by atoms with Crippen molar-refractivity contribution in [3.63, 3.8) is 0 Å². The second kappa shape index (κ2) is 10.6. The first-order valence-corrected chi connectivity index (χ1v) is 10.0. The van der Waals surface area contributed by atoms with Gasteiger partial charge in [-0.2, -0.15) is 0 Å². The number of rotatable bonds is 3. The van der Waals surface area contributed by atoms with Crippen molar-refractivity contribution in [3.05, 3.63) is 29.8 Å². The van der Waals surface area contributed by atoms with Crippen LogP contribution < -0.4 is 20.7 Å². The van der Waals surface area contributed by atoms with E-state index in [1.807, 2.05) is 13.8 Å². The Morgan fingerprint density at radius 1 is 1.17 bits per heavy atom. The quantitative estimate of drug-likeness (QED) is 0.579. The number of fused-ring (bicyclic) bond motifs is 1. The molecule has 0 aromatic heterocycles. The summed E-state index contributed by atoms with van der Waals surface area (Å²) in [6.07, 6.45) is 0.183. The standard InChI is InChI=1S/C21H29N3O6/c1-12(2)10-16-20(27)22-13(3)11-30-17-7-5-4-6-14(17)19(26)24-15(21(28)29)8-9-18(25)23-16/h4-7,12-13,15-16H,8-11H2,1-3H3,(H,22,27)(H,23,25)(H,24,26)(H,28,29)/t13-,15-,16-/m0/s1. The molecule has 1 aromatic carbocycles. The summed E-state index contributed by atoms with van der Waals surface area (Å²) in [5.74, 6) is -2.20. The molecule has 9 nitrogen and oxygen atoms in total. The predicted octanol–water partition coefficient (Wildman–Crippen LogP) is 1.08. The van der Waals surface area contributed by atoms with E-state index in [4.69, 9.17) is 4.74 Å². The Morgan fingerprint density at radius 3 is 2.53 bits per heavy atom. The summed E-state index contributed by atoms with van der Waals surface area (Å²) in [5.41, 5.74) is 0.180. The van der Waals surface area contributed by atoms with Gasteiger partial charge in [0.25, 0.3) is 5.91 Å². The molecule has 1 aromatic rings. The number of amides is 3. The van der Waals surface area contributed by atoms with Crippen LogP contribution in [0.25, 0.3) is 0 Å². The fourth-order valence-electron chi connectivity index (χ4n) is 3.12. The summed E-state index contributed by atoms with van der Waals surface area (Å²) < 4.78 is 5.72. The molecule has 0 unspecified atom stereocenters. The zero-order chi connectivity index (χ0) is 22.3. The lowest BCUT2D eigenvalue weighted by Gasteiger charge is -2.23. The number of carbonyl (C=O) groups is 4. The zero-order valence-electron chi connectivity index (χ0n) is 17.4. The maximum Gasteiger partial charge on any atom is 0.326 e. The van der Waals surface area contributed by atoms with Crippen LogP contribution in [0.2, 0.25) is 0 Å². The Morgan fingerprint density at radius 2 is 1.87 bits per heavy atom. The Bertz CT molecular complexity index is 795. The van der Waals surface area contributed by atoms with E-state index in [-0.39, 0.29) is 48.6 Å². The number of ether oxygens (including phenoxy) is 1. The third-order valence-corrected chi connectivity index (χ3v) is 4.63. The summed E-state index contributed by atoms with van der Waals surface area (Å²) >= 11 is 0. The zero-order valence-corrected chi connectivity index (χ0v) is 17.4. The molecule has 0 aliphatic carbocycles. The van der Waals surface area contributed by atoms with Crippen LogP contribution in [0.1, 0.15) is 50.4 Å². The van der Waals surface area contributed by atoms with Gasteiger partial charge >= 0.3 is 5.97 Å². The summed E-state index contributed by atoms with van der Waals surface area (Å²) in [7, 11) is 0. The van der Waals surface area contributed by atoms with E-state index in [0.29, 0.717) is 6.42 Å². The van der Waals surface area contributed by atoms with E-state index in [1.54, 1.807) is 25.1 Å². The number of aliphatic carboxylic acids is 1. The van der Waals surface area contributed by atoms with Gasteiger partial charge in [-0.05, 0) is 37.8 Å². The highest BCUT2D eigenvalue weighted by atomic mass is 16.5. The molecule has 1 aliphatic heterocycles. The number of carbonyl (C=O) groups excluding carboxylic acids is 3. The van der Waals surface area contributed by atoms with Gasteiger partial charge in [-0.1, -0.05) is 26.0 Å². The Hall–Kier alpha value is -3.10. The van der Waals surface area contributed by atoms with Gasteiger partial charge in [0.05, 0.1) is 11.6 Å². The number of hydrogen-bond donors (Lipinski definition) is 4. The molecule has 0 fully saturated rings. The minimum absolute atomic E-state index is 0.0980. The fraction of sp³-hybridized carbons (Fsp3) is 0.524. The smallest absolute Gasteiger partial charge is 0.326 e. The van der Waals surface area contributed by atoms with Gasteiger partial charge in [0.2, 0.25) is 11.8 Å². The van der Waals surface area contributed by atoms with Crippen LogP contribution in [0.3, 0.4) is 0 Å². The van der Waals surface area contributed by atoms with Crippen molar-refractivity contribution in [2.24, 2.45) is 5.92 Å². The molecule has 2 rings (SSSR count). The van der Waals surface area contributed by atoms with Crippen LogP contribution in [-0.4, -0.2) is 53.5 Å². The van der Waals surface area contributed by atoms with Gasteiger partial charge in [-0.3, -0.25) is 14.4 Å². The van der Waals surface area contributed by atoms with Crippen molar-refractivity contribution in [1.82, 2.24) is 16.0 Å². The van der Waals surface area contributed by atoms with Crippen LogP contribution >= 0.6 is 0 Å². The van der Waals surface area contributed by atoms with Crippen molar-refractivity contribution < 1.29 is 29.0 Å². The number of nitrogens with one attached hydrogen (secondary N) is 3. The van der Waals surface area contributed by atoms with E-state index in [2.05, 4.69) is 16.0 Å². The molecule has 3 amide bonds. The largest absolute Gasteiger partial charge is 0.491 e. The molecule has 0 saturated heterocycles. The summed E-state index contributed by atoms with van der Waals surface area (Å²) in [6.45, 7) is 5.73. The summed E-state index contributed by atoms with van der Waals surface area (Å²) in [6, 6.07) is 4.09. The first kappa shape index (κ1) is 23.2. The minimum atomic E-state index is -1.25. The SMILES string of the molecule is CC(C)C[C@@H]1NC(=O)CC[C@@H](C(=O)O)NC(=O)c2ccccc2OC[C@H](C)NC1=O. The molecule has 0 spiro atoms. The molecule has 0 bridgehead atoms. The van der Waals surface area contributed by atoms with E-state index in [0.717, 1.165) is 0 Å². The first-order chi connectivity index (χ1) is 14.2. The lowest BCUT2D eigenvalue weighted by atomic mass is 10.0. The molecule has 4 N–H and O–H groups in total. The van der Waals surface area contributed by atoms with Gasteiger partial charge in [-0.15, -0.1) is 0 Å². The van der Waals surface area contributed by atoms with Crippen LogP contribution in [-0.2, 0) is 14.4 Å². The normalized spacial score (nSPS) is 23.7. The van der Waals surface area contributed by atoms with Crippen LogP contribution in [0.15, 0.2) is 24.3 Å². The Labute approximate surface area is 175 Å². The van der Waals surface area contributed by atoms with Crippen molar-refractivity contribution in [2.45, 2.75) is 58.2 Å². The third-order valence-electron chi connectivity index (χ3n) is 4.63. The van der Waals surface area contributed by atoms with E-state index in [1.165, 1.54) is 6.07 Å². The van der Waals surface area contributed by atoms with Gasteiger partial charge in [0.1, 0.15) is 24.4 Å². The monoisotopic (exact) mass is 419 g/mol. The summed E-state index contributed by atoms with van der Waals surface area (Å²) in [4.78, 5) is 49.2. The average molecular weight is 419 g/mol. The highest BCUT2D eigenvalue weighted by Gasteiger charge is 2.27. The van der Waals surface area contributed by atoms with Gasteiger partial charge < -0.3 is 25.8 Å². The molecule has 9 heteroatoms. The topological polar surface area (TPSA) is 134 Å². The third kappa shape index (κ3) is 6.75. The molecule has 0 saturated carbocycles. The second-order valence-corrected chi connectivity index (χ2v) is 7.87. The van der Waals surface area contributed by atoms with Gasteiger partial charge in [0.15, 0.2) is 0 Å². The molecule has 164 valence electrons. The molecule has 30 heavy (non-hydrogen) atoms. The molecular weight excluding hydrogens is 390 g/mol. The first-order valence-electron chi connectivity index (χ1n) is 10.0. The molecular formula is C21H29N3O6. The molecule has 0 radical (unpaired) electrons. The number of benzene rings is 1. The molecule has 1 aliphatic rings. The minimum Gasteiger partial charge on any atom is -0.491 e. The second-order valence-electron chi connectivity index (χ2n) is 7.87. The highest BCUT2D eigenvalue weighted by molar-refractivity contribution is 5.99. The van der Waals surface area contributed by atoms with Gasteiger partial charge in [0, 0.05) is 6.42 Å². The van der Waals surface area contributed by atoms with Crippen LogP contribution in [0, 0.1) is 5.92 Å². The van der Waals surface area contributed by atoms with Crippen molar-refractivity contribution in [2.75, 3.05) is 6.61 Å². The van der Waals surface area contributed by atoms with E-state index < -0.39 is 29.9 Å². The van der Waals surface area contributed by atoms with E-state index >= 15 is 0 Å². The fourth-order valence-corrected chi connectivity index (χ4v) is 3.12. The maximum atomic E-state index is 12.7. The van der Waals surface area contributed by atoms with E-state index in [9.17, 15) is 24.3 Å². The van der Waals surface area contributed by atoms with Crippen molar-refractivity contribution in [1.29, 1.82) is 0 Å². The Balaban J connectivity index is 2.30. The number of para-hydroxylation sites is 1. The maximum absolute atomic E-state index is 12.7. The van der Waals surface area contributed by atoms with Crippen molar-refractivity contribution in [3.8, 4) is 5.75 Å². The lowest BCUT2D eigenvalue weighted by Crippen LogP contribution is -2.50. The number of carboxylic acid groups (broad SMARTS) is 1. The van der Waals surface area contributed by atoms with Crippen LogP contribution in [0.4, 0.5) is 0 Å². The number of hydrogen-bond acceptors (Lipinski definition) is 5. The lowest BCUT2D eigenvalue weighted by molar-refractivity contribution is -0.139. The molecule has 3 atom stereocenters. The van der Waals surface area contributed by atoms with Crippen LogP contribution in [0.5, 0.6) is 5.75 Å². The summed E-state index contributed by atoms with van der Waals surface area (Å²) in [5, 5.41) is 17.4. The highest BCUT2D eigenvalue weighted by Crippen LogP contribution is 2.19. The number of carboxylic acids is 1. The molecule has 1 heterocycles. The van der Waals surface area contributed by atoms with Crippen molar-refractivity contribution >= 4 is 23.7 Å². The average Bonchev–Trinajstić information content (AvgIpc) is 2.68. The Kier molecular flexibility index (Phi) is 8.20.